The maximum absolute atomic E-state index is 11.7. The maximum Gasteiger partial charge on any atom is 0.252 e. The molecule has 1 rings (SSSR count). The number of nitrogens with one attached hydrogen (secondary N) is 1. The average Bonchev–Trinajstić information content (AvgIpc) is 2.18. The highest BCUT2D eigenvalue weighted by molar-refractivity contribution is 7.99. The van der Waals surface area contributed by atoms with Gasteiger partial charge in [-0.2, -0.15) is 0 Å². The van der Waals surface area contributed by atoms with Crippen LogP contribution in [0.1, 0.15) is 24.2 Å². The van der Waals surface area contributed by atoms with Crippen molar-refractivity contribution in [2.75, 3.05) is 18.0 Å². The van der Waals surface area contributed by atoms with Crippen LogP contribution in [0.4, 0.5) is 5.69 Å². The van der Waals surface area contributed by atoms with Gasteiger partial charge in [0.2, 0.25) is 0 Å². The van der Waals surface area contributed by atoms with Crippen LogP contribution in [-0.2, 0) is 0 Å². The number of anilines is 1. The van der Waals surface area contributed by atoms with Crippen molar-refractivity contribution in [1.82, 2.24) is 5.32 Å². The zero-order valence-electron chi connectivity index (χ0n) is 9.04. The largest absolute Gasteiger partial charge is 0.399 e. The summed E-state index contributed by atoms with van der Waals surface area (Å²) in [6.07, 6.45) is 0. The summed E-state index contributed by atoms with van der Waals surface area (Å²) in [7, 11) is 0. The Kier molecular flexibility index (Phi) is 4.49. The second-order valence-electron chi connectivity index (χ2n) is 3.05. The molecule has 0 bridgehead atoms. The normalized spacial score (nSPS) is 10.0. The lowest BCUT2D eigenvalue weighted by molar-refractivity contribution is 0.0953. The fourth-order valence-corrected chi connectivity index (χ4v) is 2.10. The van der Waals surface area contributed by atoms with Crippen molar-refractivity contribution in [3.8, 4) is 0 Å². The molecule has 1 amide bonds. The van der Waals surface area contributed by atoms with Crippen molar-refractivity contribution in [2.24, 2.45) is 0 Å². The predicted molar refractivity (Wildman–Crippen MR) is 65.3 cm³/mol. The van der Waals surface area contributed by atoms with Gasteiger partial charge >= 0.3 is 0 Å². The minimum absolute atomic E-state index is 0.0338. The number of amides is 1. The Morgan fingerprint density at radius 2 is 2.20 bits per heavy atom. The number of nitrogen functional groups attached to an aromatic ring is 1. The van der Waals surface area contributed by atoms with Gasteiger partial charge in [-0.3, -0.25) is 4.79 Å². The van der Waals surface area contributed by atoms with E-state index in [2.05, 4.69) is 12.2 Å². The second kappa shape index (κ2) is 5.66. The monoisotopic (exact) mass is 224 g/mol. The first-order chi connectivity index (χ1) is 7.19. The maximum atomic E-state index is 11.7. The molecule has 0 atom stereocenters. The van der Waals surface area contributed by atoms with Gasteiger partial charge in [-0.05, 0) is 30.9 Å². The third-order valence-corrected chi connectivity index (χ3v) is 2.82. The lowest BCUT2D eigenvalue weighted by atomic mass is 10.2. The van der Waals surface area contributed by atoms with E-state index in [0.29, 0.717) is 17.8 Å². The second-order valence-corrected chi connectivity index (χ2v) is 4.35. The Labute approximate surface area is 94.4 Å². The van der Waals surface area contributed by atoms with Crippen LogP contribution < -0.4 is 11.1 Å². The number of benzene rings is 1. The highest BCUT2D eigenvalue weighted by Gasteiger charge is 2.10. The quantitative estimate of drug-likeness (QED) is 0.608. The van der Waals surface area contributed by atoms with Crippen LogP contribution in [0.25, 0.3) is 0 Å². The number of thioether (sulfide) groups is 1. The molecule has 0 unspecified atom stereocenters. The highest BCUT2D eigenvalue weighted by atomic mass is 32.2. The number of hydrogen-bond acceptors (Lipinski definition) is 3. The fraction of sp³-hybridized carbons (Fsp3) is 0.364. The Balaban J connectivity index is 2.99. The fourth-order valence-electron chi connectivity index (χ4n) is 1.26. The molecule has 3 N–H and O–H groups in total. The molecule has 0 fully saturated rings. The topological polar surface area (TPSA) is 55.1 Å². The minimum Gasteiger partial charge on any atom is -0.399 e. The molecular weight excluding hydrogens is 208 g/mol. The van der Waals surface area contributed by atoms with Gasteiger partial charge in [-0.25, -0.2) is 0 Å². The molecular formula is C11H16N2OS. The first kappa shape index (κ1) is 11.9. The van der Waals surface area contributed by atoms with E-state index in [1.165, 1.54) is 0 Å². The summed E-state index contributed by atoms with van der Waals surface area (Å²) >= 11 is 1.63. The summed E-state index contributed by atoms with van der Waals surface area (Å²) in [6, 6.07) is 5.38. The van der Waals surface area contributed by atoms with Crippen molar-refractivity contribution < 1.29 is 4.79 Å². The summed E-state index contributed by atoms with van der Waals surface area (Å²) in [5, 5.41) is 2.79. The average molecular weight is 224 g/mol. The summed E-state index contributed by atoms with van der Waals surface area (Å²) in [6.45, 7) is 4.59. The molecule has 0 heterocycles. The summed E-state index contributed by atoms with van der Waals surface area (Å²) in [5.41, 5.74) is 7.09. The van der Waals surface area contributed by atoms with E-state index in [4.69, 9.17) is 5.73 Å². The van der Waals surface area contributed by atoms with Crippen LogP contribution in [-0.4, -0.2) is 18.2 Å². The minimum atomic E-state index is -0.0338. The van der Waals surface area contributed by atoms with Crippen LogP contribution in [0, 0.1) is 0 Å². The number of hydrogen-bond donors (Lipinski definition) is 2. The molecule has 0 spiro atoms. The molecule has 0 saturated heterocycles. The van der Waals surface area contributed by atoms with E-state index in [1.807, 2.05) is 13.0 Å². The predicted octanol–water partition coefficient (Wildman–Crippen LogP) is 2.13. The molecule has 82 valence electrons. The molecule has 3 nitrogen and oxygen atoms in total. The van der Waals surface area contributed by atoms with Crippen LogP contribution >= 0.6 is 11.8 Å². The van der Waals surface area contributed by atoms with Gasteiger partial charge in [0.05, 0.1) is 5.56 Å². The Morgan fingerprint density at radius 3 is 2.80 bits per heavy atom. The third kappa shape index (κ3) is 3.16. The number of carbonyl (C=O) groups excluding carboxylic acids is 1. The lowest BCUT2D eigenvalue weighted by Gasteiger charge is -2.08. The van der Waals surface area contributed by atoms with E-state index in [0.717, 1.165) is 10.6 Å². The Bertz CT molecular complexity index is 352. The number of nitrogens with two attached hydrogens (primary N) is 1. The molecule has 15 heavy (non-hydrogen) atoms. The third-order valence-electron chi connectivity index (χ3n) is 1.89. The van der Waals surface area contributed by atoms with E-state index in [1.54, 1.807) is 23.9 Å². The zero-order valence-corrected chi connectivity index (χ0v) is 9.86. The molecule has 0 aliphatic rings. The molecule has 1 aromatic carbocycles. The van der Waals surface area contributed by atoms with E-state index >= 15 is 0 Å². The van der Waals surface area contributed by atoms with Gasteiger partial charge in [0.15, 0.2) is 0 Å². The molecule has 0 aliphatic heterocycles. The van der Waals surface area contributed by atoms with E-state index in [9.17, 15) is 4.79 Å². The van der Waals surface area contributed by atoms with E-state index in [-0.39, 0.29) is 5.91 Å². The summed E-state index contributed by atoms with van der Waals surface area (Å²) in [5.74, 6) is 0.893. The van der Waals surface area contributed by atoms with Gasteiger partial charge in [0.1, 0.15) is 0 Å². The molecule has 0 aliphatic carbocycles. The van der Waals surface area contributed by atoms with Gasteiger partial charge in [-0.15, -0.1) is 11.8 Å². The van der Waals surface area contributed by atoms with Gasteiger partial charge < -0.3 is 11.1 Å². The lowest BCUT2D eigenvalue weighted by Crippen LogP contribution is -2.23. The summed E-state index contributed by atoms with van der Waals surface area (Å²) < 4.78 is 0. The first-order valence-corrected chi connectivity index (χ1v) is 5.98. The Hall–Kier alpha value is -1.16. The standard InChI is InChI=1S/C11H16N2OS/c1-3-13-11(14)9-6-5-8(12)7-10(9)15-4-2/h5-7H,3-4,12H2,1-2H3,(H,13,14). The smallest absolute Gasteiger partial charge is 0.252 e. The molecule has 0 saturated carbocycles. The summed E-state index contributed by atoms with van der Waals surface area (Å²) in [4.78, 5) is 12.6. The number of rotatable bonds is 4. The van der Waals surface area contributed by atoms with Crippen LogP contribution in [0.3, 0.4) is 0 Å². The van der Waals surface area contributed by atoms with Crippen molar-refractivity contribution in [3.05, 3.63) is 23.8 Å². The van der Waals surface area contributed by atoms with Crippen LogP contribution in [0.15, 0.2) is 23.1 Å². The Morgan fingerprint density at radius 1 is 1.47 bits per heavy atom. The molecule has 1 aromatic rings. The van der Waals surface area contributed by atoms with E-state index < -0.39 is 0 Å². The van der Waals surface area contributed by atoms with Crippen LogP contribution in [0.2, 0.25) is 0 Å². The highest BCUT2D eigenvalue weighted by Crippen LogP contribution is 2.24. The van der Waals surface area contributed by atoms with Gasteiger partial charge in [-0.1, -0.05) is 6.92 Å². The SMILES string of the molecule is CCNC(=O)c1ccc(N)cc1SCC. The number of carbonyl (C=O) groups is 1. The van der Waals surface area contributed by atoms with Gasteiger partial charge in [0, 0.05) is 17.1 Å². The van der Waals surface area contributed by atoms with Gasteiger partial charge in [0.25, 0.3) is 5.91 Å². The molecule has 0 radical (unpaired) electrons. The first-order valence-electron chi connectivity index (χ1n) is 4.99. The molecule has 0 aromatic heterocycles. The van der Waals surface area contributed by atoms with Crippen molar-refractivity contribution in [1.29, 1.82) is 0 Å². The van der Waals surface area contributed by atoms with Crippen molar-refractivity contribution in [2.45, 2.75) is 18.7 Å². The molecule has 4 heteroatoms. The zero-order chi connectivity index (χ0) is 11.3. The van der Waals surface area contributed by atoms with Crippen LogP contribution in [0.5, 0.6) is 0 Å². The van der Waals surface area contributed by atoms with Crippen molar-refractivity contribution in [3.63, 3.8) is 0 Å². The van der Waals surface area contributed by atoms with Crippen molar-refractivity contribution >= 4 is 23.4 Å².